The van der Waals surface area contributed by atoms with Gasteiger partial charge in [-0.1, -0.05) is 25.1 Å². The van der Waals surface area contributed by atoms with E-state index in [1.165, 1.54) is 6.07 Å². The second-order valence-electron chi connectivity index (χ2n) is 5.06. The molecule has 6 nitrogen and oxygen atoms in total. The van der Waals surface area contributed by atoms with Crippen LogP contribution in [0.5, 0.6) is 0 Å². The van der Waals surface area contributed by atoms with Crippen molar-refractivity contribution in [2.75, 3.05) is 20.1 Å². The summed E-state index contributed by atoms with van der Waals surface area (Å²) in [5.74, 6) is 1.50. The third-order valence-corrected chi connectivity index (χ3v) is 3.53. The molecular formula is C16H24FIN6. The van der Waals surface area contributed by atoms with Crippen LogP contribution in [0.2, 0.25) is 0 Å². The Morgan fingerprint density at radius 3 is 2.71 bits per heavy atom. The molecule has 1 aromatic carbocycles. The normalized spacial score (nSPS) is 11.0. The average Bonchev–Trinajstić information content (AvgIpc) is 3.02. The van der Waals surface area contributed by atoms with Gasteiger partial charge in [-0.05, 0) is 18.1 Å². The molecule has 0 saturated carbocycles. The molecule has 0 unspecified atom stereocenters. The summed E-state index contributed by atoms with van der Waals surface area (Å²) in [4.78, 5) is 4.16. The molecule has 0 spiro atoms. The summed E-state index contributed by atoms with van der Waals surface area (Å²) in [6.07, 6.45) is 3.20. The molecule has 8 heteroatoms. The van der Waals surface area contributed by atoms with E-state index in [0.717, 1.165) is 18.8 Å². The summed E-state index contributed by atoms with van der Waals surface area (Å²) in [5.41, 5.74) is 0.701. The number of aliphatic imine (C=N–C) groups is 1. The maximum absolute atomic E-state index is 13.5. The van der Waals surface area contributed by atoms with Crippen LogP contribution in [0, 0.1) is 5.82 Å². The average molecular weight is 446 g/mol. The summed E-state index contributed by atoms with van der Waals surface area (Å²) in [6.45, 7) is 4.15. The van der Waals surface area contributed by atoms with Gasteiger partial charge in [-0.2, -0.15) is 0 Å². The molecule has 0 radical (unpaired) electrons. The minimum absolute atomic E-state index is 0. The van der Waals surface area contributed by atoms with E-state index >= 15 is 0 Å². The van der Waals surface area contributed by atoms with Crippen LogP contribution in [0.25, 0.3) is 0 Å². The van der Waals surface area contributed by atoms with Gasteiger partial charge in [-0.3, -0.25) is 4.99 Å². The van der Waals surface area contributed by atoms with Gasteiger partial charge in [0.1, 0.15) is 18.0 Å². The number of nitrogens with one attached hydrogen (secondary N) is 2. The van der Waals surface area contributed by atoms with Crippen molar-refractivity contribution in [3.8, 4) is 0 Å². The Bertz CT molecular complexity index is 643. The van der Waals surface area contributed by atoms with Gasteiger partial charge in [-0.15, -0.1) is 34.2 Å². The van der Waals surface area contributed by atoms with Crippen LogP contribution in [-0.4, -0.2) is 40.9 Å². The first-order valence-electron chi connectivity index (χ1n) is 7.79. The lowest BCUT2D eigenvalue weighted by Gasteiger charge is -2.12. The van der Waals surface area contributed by atoms with Crippen molar-refractivity contribution < 1.29 is 4.39 Å². The fourth-order valence-corrected chi connectivity index (χ4v) is 2.27. The SMILES string of the molecule is CCc1nncn1CCNC(=NC)NCCc1ccccc1F.I. The Balaban J connectivity index is 0.00000288. The maximum Gasteiger partial charge on any atom is 0.191 e. The Morgan fingerprint density at radius 2 is 2.00 bits per heavy atom. The molecule has 0 atom stereocenters. The molecule has 2 rings (SSSR count). The molecular weight excluding hydrogens is 422 g/mol. The van der Waals surface area contributed by atoms with E-state index in [0.29, 0.717) is 31.0 Å². The van der Waals surface area contributed by atoms with Crippen molar-refractivity contribution >= 4 is 29.9 Å². The Hall–Kier alpha value is -1.71. The summed E-state index contributed by atoms with van der Waals surface area (Å²) >= 11 is 0. The molecule has 2 aromatic rings. The van der Waals surface area contributed by atoms with E-state index in [1.807, 2.05) is 10.6 Å². The summed E-state index contributed by atoms with van der Waals surface area (Å²) < 4.78 is 15.6. The zero-order valence-electron chi connectivity index (χ0n) is 14.0. The van der Waals surface area contributed by atoms with Gasteiger partial charge in [0, 0.05) is 33.1 Å². The molecule has 0 fully saturated rings. The topological polar surface area (TPSA) is 67.1 Å². The highest BCUT2D eigenvalue weighted by Gasteiger charge is 2.03. The third kappa shape index (κ3) is 6.06. The van der Waals surface area contributed by atoms with Crippen LogP contribution >= 0.6 is 24.0 Å². The summed E-state index contributed by atoms with van der Waals surface area (Å²) in [6, 6.07) is 6.82. The van der Waals surface area contributed by atoms with Gasteiger partial charge in [-0.25, -0.2) is 4.39 Å². The quantitative estimate of drug-likeness (QED) is 0.388. The van der Waals surface area contributed by atoms with Crippen LogP contribution in [-0.2, 0) is 19.4 Å². The van der Waals surface area contributed by atoms with Crippen molar-refractivity contribution in [2.45, 2.75) is 26.3 Å². The largest absolute Gasteiger partial charge is 0.356 e. The third-order valence-electron chi connectivity index (χ3n) is 3.53. The molecule has 0 saturated heterocycles. The van der Waals surface area contributed by atoms with E-state index in [1.54, 1.807) is 25.5 Å². The first kappa shape index (κ1) is 20.3. The van der Waals surface area contributed by atoms with Crippen molar-refractivity contribution in [1.82, 2.24) is 25.4 Å². The zero-order chi connectivity index (χ0) is 16.5. The van der Waals surface area contributed by atoms with Crippen molar-refractivity contribution in [3.63, 3.8) is 0 Å². The number of aryl methyl sites for hydroxylation is 1. The van der Waals surface area contributed by atoms with Gasteiger partial charge in [0.15, 0.2) is 5.96 Å². The number of nitrogens with zero attached hydrogens (tertiary/aromatic N) is 4. The standard InChI is InChI=1S/C16H23FN6.HI/c1-3-15-22-21-12-23(15)11-10-20-16(18-2)19-9-8-13-6-4-5-7-14(13)17;/h4-7,12H,3,8-11H2,1-2H3,(H2,18,19,20);1H. The highest BCUT2D eigenvalue weighted by atomic mass is 127. The van der Waals surface area contributed by atoms with Crippen LogP contribution in [0.3, 0.4) is 0 Å². The smallest absolute Gasteiger partial charge is 0.191 e. The summed E-state index contributed by atoms with van der Waals surface area (Å²) in [7, 11) is 1.72. The van der Waals surface area contributed by atoms with E-state index in [2.05, 4.69) is 32.7 Å². The van der Waals surface area contributed by atoms with Crippen LogP contribution < -0.4 is 10.6 Å². The molecule has 1 aromatic heterocycles. The molecule has 0 aliphatic rings. The van der Waals surface area contributed by atoms with Gasteiger partial charge in [0.2, 0.25) is 0 Å². The van der Waals surface area contributed by atoms with E-state index < -0.39 is 0 Å². The Labute approximate surface area is 159 Å². The van der Waals surface area contributed by atoms with Crippen LogP contribution in [0.1, 0.15) is 18.3 Å². The molecule has 0 aliphatic carbocycles. The van der Waals surface area contributed by atoms with E-state index in [4.69, 9.17) is 0 Å². The van der Waals surface area contributed by atoms with Crippen molar-refractivity contribution in [2.24, 2.45) is 4.99 Å². The van der Waals surface area contributed by atoms with E-state index in [9.17, 15) is 4.39 Å². The van der Waals surface area contributed by atoms with Gasteiger partial charge in [0.05, 0.1) is 0 Å². The molecule has 24 heavy (non-hydrogen) atoms. The minimum Gasteiger partial charge on any atom is -0.356 e. The molecule has 132 valence electrons. The van der Waals surface area contributed by atoms with Gasteiger partial charge >= 0.3 is 0 Å². The molecule has 0 aliphatic heterocycles. The van der Waals surface area contributed by atoms with Crippen LogP contribution in [0.4, 0.5) is 4.39 Å². The first-order valence-corrected chi connectivity index (χ1v) is 7.79. The number of benzene rings is 1. The highest BCUT2D eigenvalue weighted by Crippen LogP contribution is 2.06. The monoisotopic (exact) mass is 446 g/mol. The highest BCUT2D eigenvalue weighted by molar-refractivity contribution is 14.0. The lowest BCUT2D eigenvalue weighted by atomic mass is 10.1. The molecule has 0 bridgehead atoms. The first-order chi connectivity index (χ1) is 11.2. The van der Waals surface area contributed by atoms with E-state index in [-0.39, 0.29) is 29.8 Å². The fourth-order valence-electron chi connectivity index (χ4n) is 2.27. The lowest BCUT2D eigenvalue weighted by Crippen LogP contribution is -2.39. The van der Waals surface area contributed by atoms with Gasteiger partial charge < -0.3 is 15.2 Å². The molecule has 0 amide bonds. The second kappa shape index (κ2) is 11.0. The predicted octanol–water partition coefficient (Wildman–Crippen LogP) is 2.01. The second-order valence-corrected chi connectivity index (χ2v) is 5.06. The predicted molar refractivity (Wildman–Crippen MR) is 104 cm³/mol. The van der Waals surface area contributed by atoms with Crippen molar-refractivity contribution in [3.05, 3.63) is 47.8 Å². The number of hydrogen-bond donors (Lipinski definition) is 2. The number of hydrogen-bond acceptors (Lipinski definition) is 3. The maximum atomic E-state index is 13.5. The Kier molecular flexibility index (Phi) is 9.28. The van der Waals surface area contributed by atoms with Crippen molar-refractivity contribution in [1.29, 1.82) is 0 Å². The van der Waals surface area contributed by atoms with Gasteiger partial charge in [0.25, 0.3) is 0 Å². The molecule has 2 N–H and O–H groups in total. The minimum atomic E-state index is -0.169. The fraction of sp³-hybridized carbons (Fsp3) is 0.438. The Morgan fingerprint density at radius 1 is 1.25 bits per heavy atom. The lowest BCUT2D eigenvalue weighted by molar-refractivity contribution is 0.605. The number of guanidine groups is 1. The van der Waals surface area contributed by atoms with Crippen LogP contribution in [0.15, 0.2) is 35.6 Å². The number of aromatic nitrogens is 3. The molecule has 1 heterocycles. The zero-order valence-corrected chi connectivity index (χ0v) is 16.3. The number of rotatable bonds is 7. The summed E-state index contributed by atoms with van der Waals surface area (Å²) in [5, 5.41) is 14.4. The number of halogens is 2.